The highest BCUT2D eigenvalue weighted by Gasteiger charge is 2.18. The van der Waals surface area contributed by atoms with Crippen molar-refractivity contribution in [1.29, 1.82) is 0 Å². The molecule has 0 aliphatic rings. The smallest absolute Gasteiger partial charge is 0.305 e. The van der Waals surface area contributed by atoms with E-state index in [-0.39, 0.29) is 18.5 Å². The number of esters is 1. The first-order chi connectivity index (χ1) is 38.0. The van der Waals surface area contributed by atoms with Gasteiger partial charge in [0, 0.05) is 12.8 Å². The molecule has 2 atom stereocenters. The van der Waals surface area contributed by atoms with E-state index in [9.17, 15) is 19.8 Å². The Morgan fingerprint density at radius 1 is 0.364 bits per heavy atom. The van der Waals surface area contributed by atoms with Crippen LogP contribution in [0.2, 0.25) is 0 Å². The summed E-state index contributed by atoms with van der Waals surface area (Å²) < 4.78 is 5.49. The fourth-order valence-electron chi connectivity index (χ4n) is 10.8. The van der Waals surface area contributed by atoms with Gasteiger partial charge in [-0.3, -0.25) is 9.59 Å². The lowest BCUT2D eigenvalue weighted by Crippen LogP contribution is -2.45. The van der Waals surface area contributed by atoms with E-state index in [1.54, 1.807) is 6.08 Å². The minimum Gasteiger partial charge on any atom is -0.466 e. The van der Waals surface area contributed by atoms with Gasteiger partial charge in [0.05, 0.1) is 25.4 Å². The first-order valence-corrected chi connectivity index (χ1v) is 34.8. The molecule has 454 valence electrons. The Balaban J connectivity index is 3.43. The van der Waals surface area contributed by atoms with Gasteiger partial charge in [-0.1, -0.05) is 339 Å². The molecule has 0 bridgehead atoms. The van der Waals surface area contributed by atoms with Crippen molar-refractivity contribution in [3.63, 3.8) is 0 Å². The van der Waals surface area contributed by atoms with E-state index < -0.39 is 12.1 Å². The molecule has 0 aliphatic carbocycles. The average molecular weight is 1080 g/mol. The van der Waals surface area contributed by atoms with Crippen molar-refractivity contribution >= 4 is 11.9 Å². The second kappa shape index (κ2) is 66.6. The number of ether oxygens (including phenoxy) is 1. The van der Waals surface area contributed by atoms with Crippen LogP contribution in [-0.2, 0) is 14.3 Å². The number of amides is 1. The van der Waals surface area contributed by atoms with Crippen molar-refractivity contribution in [3.05, 3.63) is 36.5 Å². The summed E-state index contributed by atoms with van der Waals surface area (Å²) in [6, 6.07) is -0.631. The largest absolute Gasteiger partial charge is 0.466 e. The van der Waals surface area contributed by atoms with Crippen LogP contribution in [0.5, 0.6) is 0 Å². The van der Waals surface area contributed by atoms with Crippen LogP contribution >= 0.6 is 0 Å². The van der Waals surface area contributed by atoms with E-state index in [2.05, 4.69) is 43.5 Å². The summed E-state index contributed by atoms with van der Waals surface area (Å²) in [5, 5.41) is 23.2. The number of hydrogen-bond donors (Lipinski definition) is 3. The Kier molecular flexibility index (Phi) is 64.9. The fraction of sp³-hybridized carbons (Fsp3) is 0.887. The Bertz CT molecular complexity index is 1250. The molecule has 0 aromatic heterocycles. The predicted molar refractivity (Wildman–Crippen MR) is 338 cm³/mol. The summed E-state index contributed by atoms with van der Waals surface area (Å²) >= 11 is 0. The SMILES string of the molecule is CCCCCCCCCCCCCCCCCC/C=C/C(O)C(CO)NC(=O)CCCCCCCCCCCCC/C=C\C/C=C\CCCCCCCCCCCOC(=O)CCCCCCCCCCCCCCCCC. The summed E-state index contributed by atoms with van der Waals surface area (Å²) in [4.78, 5) is 24.6. The molecule has 0 rings (SSSR count). The topological polar surface area (TPSA) is 95.9 Å². The summed E-state index contributed by atoms with van der Waals surface area (Å²) in [7, 11) is 0. The standard InChI is InChI=1S/C71H135NO5/c1-3-5-7-9-11-13-15-17-19-20-32-36-39-43-47-51-55-59-63-69(74)68(67-73)72-70(75)64-60-56-52-48-44-40-37-33-30-28-26-24-22-21-23-25-27-29-31-34-38-42-46-50-54-58-62-66-77-71(76)65-61-57-53-49-45-41-35-18-16-14-12-10-8-6-4-2/h21-22,25,27,59,63,68-69,73-74H,3-20,23-24,26,28-58,60-62,64-67H2,1-2H3,(H,72,75)/b22-21-,27-25-,63-59+. The number of aliphatic hydroxyl groups excluding tert-OH is 2. The number of allylic oxidation sites excluding steroid dienone is 5. The number of carbonyl (C=O) groups excluding carboxylic acids is 2. The Hall–Kier alpha value is -1.92. The van der Waals surface area contributed by atoms with E-state index in [1.165, 1.54) is 308 Å². The third-order valence-corrected chi connectivity index (χ3v) is 16.2. The molecule has 0 spiro atoms. The zero-order valence-electron chi connectivity index (χ0n) is 52.0. The number of nitrogens with one attached hydrogen (secondary N) is 1. The zero-order chi connectivity index (χ0) is 55.7. The van der Waals surface area contributed by atoms with Crippen LogP contribution in [0, 0.1) is 0 Å². The molecule has 0 saturated carbocycles. The molecule has 2 unspecified atom stereocenters. The van der Waals surface area contributed by atoms with Crippen molar-refractivity contribution in [2.45, 2.75) is 392 Å². The molecule has 0 fully saturated rings. The van der Waals surface area contributed by atoms with Gasteiger partial charge in [-0.25, -0.2) is 0 Å². The van der Waals surface area contributed by atoms with Crippen LogP contribution < -0.4 is 5.32 Å². The van der Waals surface area contributed by atoms with E-state index in [0.717, 1.165) is 44.9 Å². The minimum atomic E-state index is -0.847. The summed E-state index contributed by atoms with van der Waals surface area (Å²) in [6.07, 6.45) is 85.0. The highest BCUT2D eigenvalue weighted by Crippen LogP contribution is 2.18. The molecule has 3 N–H and O–H groups in total. The highest BCUT2D eigenvalue weighted by molar-refractivity contribution is 5.76. The third kappa shape index (κ3) is 63.1. The maximum Gasteiger partial charge on any atom is 0.305 e. The quantitative estimate of drug-likeness (QED) is 0.0320. The van der Waals surface area contributed by atoms with Crippen molar-refractivity contribution in [1.82, 2.24) is 5.32 Å². The van der Waals surface area contributed by atoms with Gasteiger partial charge in [-0.2, -0.15) is 0 Å². The lowest BCUT2D eigenvalue weighted by atomic mass is 10.0. The molecular formula is C71H135NO5. The van der Waals surface area contributed by atoms with Gasteiger partial charge in [0.15, 0.2) is 0 Å². The van der Waals surface area contributed by atoms with Crippen molar-refractivity contribution in [2.24, 2.45) is 0 Å². The second-order valence-electron chi connectivity index (χ2n) is 23.9. The first-order valence-electron chi connectivity index (χ1n) is 34.8. The Morgan fingerprint density at radius 3 is 0.987 bits per heavy atom. The first kappa shape index (κ1) is 75.1. The molecular weight excluding hydrogens is 947 g/mol. The van der Waals surface area contributed by atoms with Gasteiger partial charge < -0.3 is 20.3 Å². The van der Waals surface area contributed by atoms with Crippen LogP contribution in [-0.4, -0.2) is 47.4 Å². The van der Waals surface area contributed by atoms with Crippen LogP contribution in [0.4, 0.5) is 0 Å². The summed E-state index contributed by atoms with van der Waals surface area (Å²) in [5.41, 5.74) is 0. The number of rotatable bonds is 65. The maximum atomic E-state index is 12.5. The third-order valence-electron chi connectivity index (χ3n) is 16.2. The van der Waals surface area contributed by atoms with E-state index >= 15 is 0 Å². The van der Waals surface area contributed by atoms with E-state index in [4.69, 9.17) is 4.74 Å². The zero-order valence-corrected chi connectivity index (χ0v) is 52.0. The molecule has 0 aliphatic heterocycles. The molecule has 0 heterocycles. The van der Waals surface area contributed by atoms with Crippen molar-refractivity contribution < 1.29 is 24.5 Å². The molecule has 77 heavy (non-hydrogen) atoms. The van der Waals surface area contributed by atoms with Crippen molar-refractivity contribution in [3.8, 4) is 0 Å². The minimum absolute atomic E-state index is 0.0135. The highest BCUT2D eigenvalue weighted by atomic mass is 16.5. The number of hydrogen-bond acceptors (Lipinski definition) is 5. The van der Waals surface area contributed by atoms with E-state index in [0.29, 0.717) is 19.4 Å². The number of carbonyl (C=O) groups is 2. The molecule has 0 aromatic rings. The fourth-order valence-corrected chi connectivity index (χ4v) is 10.8. The van der Waals surface area contributed by atoms with Crippen LogP contribution in [0.1, 0.15) is 380 Å². The molecule has 0 radical (unpaired) electrons. The van der Waals surface area contributed by atoms with Gasteiger partial charge in [-0.05, 0) is 64.2 Å². The molecule has 6 nitrogen and oxygen atoms in total. The number of aliphatic hydroxyl groups is 2. The Morgan fingerprint density at radius 2 is 0.649 bits per heavy atom. The van der Waals surface area contributed by atoms with Gasteiger partial charge in [0.2, 0.25) is 5.91 Å². The summed E-state index contributed by atoms with van der Waals surface area (Å²) in [5.74, 6) is -0.0548. The monoisotopic (exact) mass is 1080 g/mol. The number of unbranched alkanes of at least 4 members (excludes halogenated alkanes) is 50. The average Bonchev–Trinajstić information content (AvgIpc) is 3.43. The molecule has 0 saturated heterocycles. The molecule has 6 heteroatoms. The second-order valence-corrected chi connectivity index (χ2v) is 23.9. The van der Waals surface area contributed by atoms with Crippen LogP contribution in [0.15, 0.2) is 36.5 Å². The Labute approximate surface area is 481 Å². The van der Waals surface area contributed by atoms with Gasteiger partial charge in [0.25, 0.3) is 0 Å². The maximum absolute atomic E-state index is 12.5. The predicted octanol–water partition coefficient (Wildman–Crippen LogP) is 22.3. The van der Waals surface area contributed by atoms with Crippen LogP contribution in [0.3, 0.4) is 0 Å². The molecule has 0 aromatic carbocycles. The normalized spacial score (nSPS) is 12.7. The van der Waals surface area contributed by atoms with Crippen LogP contribution in [0.25, 0.3) is 0 Å². The van der Waals surface area contributed by atoms with Crippen molar-refractivity contribution in [2.75, 3.05) is 13.2 Å². The summed E-state index contributed by atoms with van der Waals surface area (Å²) in [6.45, 7) is 4.93. The lowest BCUT2D eigenvalue weighted by Gasteiger charge is -2.20. The van der Waals surface area contributed by atoms with E-state index in [1.807, 2.05) is 6.08 Å². The molecule has 1 amide bonds. The lowest BCUT2D eigenvalue weighted by molar-refractivity contribution is -0.143. The van der Waals surface area contributed by atoms with Gasteiger partial charge >= 0.3 is 5.97 Å². The van der Waals surface area contributed by atoms with Gasteiger partial charge in [0.1, 0.15) is 0 Å². The van der Waals surface area contributed by atoms with Gasteiger partial charge in [-0.15, -0.1) is 0 Å².